The smallest absolute Gasteiger partial charge is 0.211 e. The van der Waals surface area contributed by atoms with E-state index in [-0.39, 0.29) is 11.6 Å². The molecule has 2 aliphatic heterocycles. The van der Waals surface area contributed by atoms with Crippen LogP contribution in [-0.4, -0.2) is 38.0 Å². The number of piperidine rings is 1. The van der Waals surface area contributed by atoms with E-state index in [2.05, 4.69) is 32.3 Å². The monoisotopic (exact) mass is 506 g/mol. The third-order valence-electron chi connectivity index (χ3n) is 7.16. The lowest BCUT2D eigenvalue weighted by atomic mass is 9.83. The van der Waals surface area contributed by atoms with E-state index < -0.39 is 0 Å². The van der Waals surface area contributed by atoms with Crippen LogP contribution in [0.15, 0.2) is 58.7 Å². The number of anilines is 1. The number of rotatable bonds is 4. The molecule has 7 nitrogen and oxygen atoms in total. The van der Waals surface area contributed by atoms with Crippen molar-refractivity contribution < 1.29 is 4.74 Å². The number of hydrogen-bond donors (Lipinski definition) is 1. The molecule has 0 saturated carbocycles. The molecule has 0 bridgehead atoms. The van der Waals surface area contributed by atoms with Crippen LogP contribution in [0.3, 0.4) is 0 Å². The Kier molecular flexibility index (Phi) is 5.62. The van der Waals surface area contributed by atoms with Gasteiger partial charge >= 0.3 is 0 Å². The predicted octanol–water partition coefficient (Wildman–Crippen LogP) is 5.23. The highest BCUT2D eigenvalue weighted by Crippen LogP contribution is 2.47. The van der Waals surface area contributed by atoms with Crippen LogP contribution in [0.2, 0.25) is 5.02 Å². The van der Waals surface area contributed by atoms with E-state index in [9.17, 15) is 0 Å². The molecule has 0 amide bonds. The summed E-state index contributed by atoms with van der Waals surface area (Å²) in [6, 6.07) is 9.97. The first kappa shape index (κ1) is 22.6. The SMILES string of the molecule is CCc1nccc(Sc2c(C)nc(N3CCC4(CC3)Oc3ccccc3[C@H]4N)n3ccnc23)c1Cl. The minimum atomic E-state index is -0.353. The molecule has 1 fully saturated rings. The summed E-state index contributed by atoms with van der Waals surface area (Å²) in [4.78, 5) is 18.4. The molecule has 4 aromatic rings. The number of nitrogens with two attached hydrogens (primary N) is 1. The molecular formula is C26H27ClN6OS. The van der Waals surface area contributed by atoms with E-state index >= 15 is 0 Å². The minimum absolute atomic E-state index is 0.110. The van der Waals surface area contributed by atoms with Gasteiger partial charge in [0.15, 0.2) is 5.65 Å². The molecule has 6 rings (SSSR count). The van der Waals surface area contributed by atoms with Gasteiger partial charge in [0.2, 0.25) is 5.95 Å². The van der Waals surface area contributed by atoms with E-state index in [1.165, 1.54) is 0 Å². The molecule has 2 N–H and O–H groups in total. The van der Waals surface area contributed by atoms with Gasteiger partial charge in [-0.2, -0.15) is 0 Å². The Bertz CT molecular complexity index is 1410. The summed E-state index contributed by atoms with van der Waals surface area (Å²) in [6.07, 6.45) is 8.07. The molecule has 1 spiro atoms. The van der Waals surface area contributed by atoms with Gasteiger partial charge in [0.25, 0.3) is 0 Å². The molecule has 2 aliphatic rings. The highest BCUT2D eigenvalue weighted by atomic mass is 35.5. The Morgan fingerprint density at radius 2 is 1.97 bits per heavy atom. The number of nitrogens with zero attached hydrogens (tertiary/aromatic N) is 5. The highest BCUT2D eigenvalue weighted by Gasteiger charge is 2.48. The second-order valence-electron chi connectivity index (χ2n) is 9.14. The zero-order valence-electron chi connectivity index (χ0n) is 19.7. The van der Waals surface area contributed by atoms with Gasteiger partial charge in [0, 0.05) is 55.0 Å². The van der Waals surface area contributed by atoms with Crippen LogP contribution in [-0.2, 0) is 6.42 Å². The Balaban J connectivity index is 1.28. The Morgan fingerprint density at radius 3 is 2.74 bits per heavy atom. The summed E-state index contributed by atoms with van der Waals surface area (Å²) in [5.41, 5.74) is 10.1. The second-order valence-corrected chi connectivity index (χ2v) is 10.6. The summed E-state index contributed by atoms with van der Waals surface area (Å²) in [5.74, 6) is 1.81. The third kappa shape index (κ3) is 3.66. The summed E-state index contributed by atoms with van der Waals surface area (Å²) < 4.78 is 8.51. The number of aromatic nitrogens is 4. The van der Waals surface area contributed by atoms with E-state index in [1.54, 1.807) is 11.8 Å². The maximum absolute atomic E-state index is 6.67. The lowest BCUT2D eigenvalue weighted by Crippen LogP contribution is -2.52. The fraction of sp³-hybridized carbons (Fsp3) is 0.346. The molecule has 1 saturated heterocycles. The van der Waals surface area contributed by atoms with E-state index in [0.29, 0.717) is 5.02 Å². The predicted molar refractivity (Wildman–Crippen MR) is 139 cm³/mol. The van der Waals surface area contributed by atoms with E-state index in [1.807, 2.05) is 49.8 Å². The minimum Gasteiger partial charge on any atom is -0.485 e. The number of ether oxygens (including phenoxy) is 1. The van der Waals surface area contributed by atoms with Crippen LogP contribution in [0.1, 0.15) is 42.8 Å². The van der Waals surface area contributed by atoms with Gasteiger partial charge in [-0.1, -0.05) is 48.5 Å². The molecule has 1 aromatic carbocycles. The van der Waals surface area contributed by atoms with Gasteiger partial charge in [0.05, 0.1) is 27.3 Å². The molecule has 5 heterocycles. The Hall–Kier alpha value is -2.81. The molecule has 35 heavy (non-hydrogen) atoms. The van der Waals surface area contributed by atoms with Crippen molar-refractivity contribution in [1.29, 1.82) is 0 Å². The maximum atomic E-state index is 6.67. The van der Waals surface area contributed by atoms with Crippen molar-refractivity contribution in [2.75, 3.05) is 18.0 Å². The first-order valence-corrected chi connectivity index (χ1v) is 13.1. The quantitative estimate of drug-likeness (QED) is 0.405. The summed E-state index contributed by atoms with van der Waals surface area (Å²) in [5, 5.41) is 0.698. The largest absolute Gasteiger partial charge is 0.485 e. The summed E-state index contributed by atoms with van der Waals surface area (Å²) in [7, 11) is 0. The average molecular weight is 507 g/mol. The molecule has 180 valence electrons. The van der Waals surface area contributed by atoms with Crippen LogP contribution >= 0.6 is 23.4 Å². The standard InChI is InChI=1S/C26H27ClN6OS/c1-3-18-21(27)20(8-11-29-18)35-22-16(2)31-25(33-15-12-30-24(22)33)32-13-9-26(10-14-32)23(28)17-6-4-5-7-19(17)34-26/h4-8,11-12,15,23H,3,9-10,13-14,28H2,1-2H3/t23-/m1/s1. The Morgan fingerprint density at radius 1 is 1.17 bits per heavy atom. The maximum Gasteiger partial charge on any atom is 0.211 e. The molecular weight excluding hydrogens is 480 g/mol. The molecule has 9 heteroatoms. The number of fused-ring (bicyclic) bond motifs is 2. The lowest BCUT2D eigenvalue weighted by Gasteiger charge is -2.41. The fourth-order valence-electron chi connectivity index (χ4n) is 5.19. The highest BCUT2D eigenvalue weighted by molar-refractivity contribution is 7.99. The zero-order chi connectivity index (χ0) is 24.2. The molecule has 1 atom stereocenters. The van der Waals surface area contributed by atoms with Crippen molar-refractivity contribution in [3.63, 3.8) is 0 Å². The first-order chi connectivity index (χ1) is 17.0. The van der Waals surface area contributed by atoms with Crippen molar-refractivity contribution in [2.45, 2.75) is 54.5 Å². The van der Waals surface area contributed by atoms with Crippen LogP contribution in [0, 0.1) is 6.92 Å². The van der Waals surface area contributed by atoms with E-state index in [4.69, 9.17) is 27.1 Å². The first-order valence-electron chi connectivity index (χ1n) is 11.9. The van der Waals surface area contributed by atoms with Gasteiger partial charge in [0.1, 0.15) is 11.4 Å². The van der Waals surface area contributed by atoms with Crippen LogP contribution in [0.5, 0.6) is 5.75 Å². The zero-order valence-corrected chi connectivity index (χ0v) is 21.3. The lowest BCUT2D eigenvalue weighted by molar-refractivity contribution is 0.0429. The number of benzene rings is 1. The van der Waals surface area contributed by atoms with Gasteiger partial charge in [-0.3, -0.25) is 9.38 Å². The van der Waals surface area contributed by atoms with Crippen molar-refractivity contribution in [2.24, 2.45) is 5.73 Å². The van der Waals surface area contributed by atoms with Crippen LogP contribution in [0.4, 0.5) is 5.95 Å². The van der Waals surface area contributed by atoms with Gasteiger partial charge in [-0.15, -0.1) is 0 Å². The molecule has 3 aromatic heterocycles. The molecule has 0 radical (unpaired) electrons. The van der Waals surface area contributed by atoms with Crippen LogP contribution in [0.25, 0.3) is 5.65 Å². The van der Waals surface area contributed by atoms with Gasteiger partial charge < -0.3 is 15.4 Å². The number of pyridine rings is 1. The number of hydrogen-bond acceptors (Lipinski definition) is 7. The summed E-state index contributed by atoms with van der Waals surface area (Å²) in [6.45, 7) is 5.71. The van der Waals surface area contributed by atoms with Crippen molar-refractivity contribution in [3.8, 4) is 5.75 Å². The van der Waals surface area contributed by atoms with Gasteiger partial charge in [-0.25, -0.2) is 9.97 Å². The average Bonchev–Trinajstić information content (AvgIpc) is 3.46. The fourth-order valence-corrected chi connectivity index (χ4v) is 6.54. The van der Waals surface area contributed by atoms with Crippen LogP contribution < -0.4 is 15.4 Å². The van der Waals surface area contributed by atoms with Crippen molar-refractivity contribution in [3.05, 3.63) is 70.9 Å². The van der Waals surface area contributed by atoms with E-state index in [0.717, 1.165) is 76.4 Å². The van der Waals surface area contributed by atoms with Gasteiger partial charge in [-0.05, 0) is 25.5 Å². The summed E-state index contributed by atoms with van der Waals surface area (Å²) >= 11 is 8.23. The normalized spacial score (nSPS) is 18.7. The van der Waals surface area contributed by atoms with Crippen molar-refractivity contribution >= 4 is 35.0 Å². The van der Waals surface area contributed by atoms with Crippen molar-refractivity contribution in [1.82, 2.24) is 19.4 Å². The number of para-hydroxylation sites is 1. The number of imidazole rings is 1. The molecule has 0 aliphatic carbocycles. The second kappa shape index (κ2) is 8.69. The number of aryl methyl sites for hydroxylation is 2. The topological polar surface area (TPSA) is 81.6 Å². The molecule has 0 unspecified atom stereocenters. The Labute approximate surface area is 213 Å². The number of halogens is 1. The third-order valence-corrected chi connectivity index (χ3v) is 8.93.